The number of rotatable bonds is 7. The zero-order valence-electron chi connectivity index (χ0n) is 20.1. The van der Waals surface area contributed by atoms with Crippen LogP contribution in [-0.2, 0) is 5.44 Å². The van der Waals surface area contributed by atoms with Crippen LogP contribution in [0.15, 0.2) is 54.5 Å². The summed E-state index contributed by atoms with van der Waals surface area (Å²) in [4.78, 5) is 4.48. The first kappa shape index (κ1) is 23.0. The number of nitrogens with zero attached hydrogens (tertiary/aromatic N) is 3. The Morgan fingerprint density at radius 3 is 2.69 bits per heavy atom. The van der Waals surface area contributed by atoms with Crippen molar-refractivity contribution in [2.45, 2.75) is 49.6 Å². The van der Waals surface area contributed by atoms with Gasteiger partial charge in [0.15, 0.2) is 0 Å². The van der Waals surface area contributed by atoms with Crippen molar-refractivity contribution in [2.24, 2.45) is 0 Å². The van der Waals surface area contributed by atoms with Crippen molar-refractivity contribution < 1.29 is 4.39 Å². The smallest absolute Gasteiger partial charge is 0.148 e. The molecular formula is C26H26BClFN7. The maximum atomic E-state index is 13.8. The topological polar surface area (TPSA) is 88.0 Å². The van der Waals surface area contributed by atoms with Crippen LogP contribution in [0.5, 0.6) is 0 Å². The molecule has 4 N–H and O–H groups in total. The highest BCUT2D eigenvalue weighted by atomic mass is 35.5. The molecule has 0 bridgehead atoms. The number of hydrazine groups is 2. The first-order valence-corrected chi connectivity index (χ1v) is 12.5. The Kier molecular flexibility index (Phi) is 5.29. The van der Waals surface area contributed by atoms with Gasteiger partial charge in [-0.1, -0.05) is 23.7 Å². The fourth-order valence-electron chi connectivity index (χ4n) is 4.66. The Balaban J connectivity index is 1.45. The van der Waals surface area contributed by atoms with Crippen LogP contribution < -0.4 is 21.6 Å². The summed E-state index contributed by atoms with van der Waals surface area (Å²) in [6.45, 7) is 2.15. The van der Waals surface area contributed by atoms with Crippen molar-refractivity contribution in [3.8, 4) is 6.07 Å². The number of anilines is 2. The number of hydrogen-bond acceptors (Lipinski definition) is 7. The van der Waals surface area contributed by atoms with Gasteiger partial charge in [-0.15, -0.1) is 5.53 Å². The molecule has 1 aliphatic heterocycles. The highest BCUT2D eigenvalue weighted by Gasteiger charge is 2.39. The van der Waals surface area contributed by atoms with Crippen LogP contribution in [0.2, 0.25) is 5.02 Å². The zero-order chi connectivity index (χ0) is 25.1. The van der Waals surface area contributed by atoms with Gasteiger partial charge in [-0.2, -0.15) is 5.26 Å². The molecule has 2 saturated carbocycles. The second kappa shape index (κ2) is 8.29. The van der Waals surface area contributed by atoms with E-state index in [0.717, 1.165) is 53.7 Å². The third-order valence-electron chi connectivity index (χ3n) is 7.35. The quantitative estimate of drug-likeness (QED) is 0.363. The molecule has 6 rings (SSSR count). The van der Waals surface area contributed by atoms with E-state index < -0.39 is 5.44 Å². The number of nitriles is 1. The minimum atomic E-state index is -0.738. The first-order chi connectivity index (χ1) is 17.3. The second-order valence-electron chi connectivity index (χ2n) is 10.4. The van der Waals surface area contributed by atoms with Crippen molar-refractivity contribution in [3.63, 3.8) is 0 Å². The van der Waals surface area contributed by atoms with Gasteiger partial charge in [-0.3, -0.25) is 9.99 Å². The van der Waals surface area contributed by atoms with Crippen molar-refractivity contribution >= 4 is 41.7 Å². The Morgan fingerprint density at radius 2 is 2.03 bits per heavy atom. The summed E-state index contributed by atoms with van der Waals surface area (Å²) in [5, 5.41) is 20.3. The second-order valence-corrected chi connectivity index (χ2v) is 10.8. The van der Waals surface area contributed by atoms with Crippen molar-refractivity contribution in [3.05, 3.63) is 76.5 Å². The van der Waals surface area contributed by atoms with Crippen LogP contribution in [0, 0.1) is 17.1 Å². The molecule has 7 nitrogen and oxygen atoms in total. The Hall–Kier alpha value is -3.48. The molecule has 3 aromatic rings. The van der Waals surface area contributed by atoms with Crippen LogP contribution in [0.25, 0.3) is 10.9 Å². The fraction of sp³-hybridized carbons (Fsp3) is 0.308. The van der Waals surface area contributed by atoms with Crippen molar-refractivity contribution in [1.29, 1.82) is 5.26 Å². The fourth-order valence-corrected chi connectivity index (χ4v) is 4.93. The van der Waals surface area contributed by atoms with Gasteiger partial charge in [-0.25, -0.2) is 4.39 Å². The number of nitrogens with one attached hydrogen (secondary N) is 4. The molecule has 0 amide bonds. The number of halogens is 2. The molecule has 10 heteroatoms. The summed E-state index contributed by atoms with van der Waals surface area (Å²) >= 11 is 6.73. The van der Waals surface area contributed by atoms with Crippen molar-refractivity contribution in [1.82, 2.24) is 21.0 Å². The van der Waals surface area contributed by atoms with E-state index >= 15 is 0 Å². The third kappa shape index (κ3) is 4.10. The zero-order valence-corrected chi connectivity index (χ0v) is 20.9. The standard InChI is InChI=1S/C26H26BClFN7/c1-25(8-9-25)33-23-15(12-30)13-31-24-20(23)10-18(11-21(24)28)32-26(27,16-2-4-17(29)5-3-16)22-14-36(35-34-22)19-6-7-19/h2-5,10-11,13-14,19,32,34-35H,6-9,27H2,1H3,(H,31,33). The predicted molar refractivity (Wildman–Crippen MR) is 142 cm³/mol. The summed E-state index contributed by atoms with van der Waals surface area (Å²) in [6.07, 6.45) is 8.00. The number of hydrogen-bond donors (Lipinski definition) is 4. The van der Waals surface area contributed by atoms with Gasteiger partial charge < -0.3 is 16.1 Å². The van der Waals surface area contributed by atoms with Gasteiger partial charge in [0.05, 0.1) is 32.9 Å². The molecule has 2 aliphatic carbocycles. The third-order valence-corrected chi connectivity index (χ3v) is 7.64. The monoisotopic (exact) mass is 501 g/mol. The van der Waals surface area contributed by atoms with E-state index in [1.807, 2.05) is 20.0 Å². The molecule has 0 saturated heterocycles. The lowest BCUT2D eigenvalue weighted by Gasteiger charge is -2.34. The lowest BCUT2D eigenvalue weighted by Crippen LogP contribution is -2.45. The van der Waals surface area contributed by atoms with Crippen LogP contribution in [0.1, 0.15) is 43.7 Å². The molecule has 1 unspecified atom stereocenters. The molecule has 0 radical (unpaired) electrons. The number of benzene rings is 2. The van der Waals surface area contributed by atoms with Crippen LogP contribution >= 0.6 is 11.6 Å². The lowest BCUT2D eigenvalue weighted by atomic mass is 9.69. The van der Waals surface area contributed by atoms with E-state index in [-0.39, 0.29) is 11.4 Å². The Morgan fingerprint density at radius 1 is 1.28 bits per heavy atom. The number of aromatic nitrogens is 1. The minimum absolute atomic E-state index is 0.0328. The highest BCUT2D eigenvalue weighted by molar-refractivity contribution is 6.36. The van der Waals surface area contributed by atoms with Gasteiger partial charge in [0.25, 0.3) is 0 Å². The van der Waals surface area contributed by atoms with E-state index in [9.17, 15) is 9.65 Å². The van der Waals surface area contributed by atoms with Crippen LogP contribution in [0.4, 0.5) is 15.8 Å². The molecule has 36 heavy (non-hydrogen) atoms. The predicted octanol–water partition coefficient (Wildman–Crippen LogP) is 4.09. The summed E-state index contributed by atoms with van der Waals surface area (Å²) in [6, 6.07) is 13.0. The molecule has 0 spiro atoms. The molecule has 1 aromatic heterocycles. The molecule has 1 atom stereocenters. The normalized spacial score (nSPS) is 19.7. The van der Waals surface area contributed by atoms with E-state index in [4.69, 9.17) is 11.6 Å². The molecule has 2 heterocycles. The largest absolute Gasteiger partial charge is 0.378 e. The van der Waals surface area contributed by atoms with E-state index in [1.54, 1.807) is 18.3 Å². The highest BCUT2D eigenvalue weighted by Crippen LogP contribution is 2.43. The molecule has 3 aliphatic rings. The van der Waals surface area contributed by atoms with Gasteiger partial charge in [0, 0.05) is 35.1 Å². The maximum absolute atomic E-state index is 13.8. The van der Waals surface area contributed by atoms with E-state index in [2.05, 4.69) is 50.8 Å². The van der Waals surface area contributed by atoms with Gasteiger partial charge >= 0.3 is 0 Å². The van der Waals surface area contributed by atoms with E-state index in [1.165, 1.54) is 12.1 Å². The van der Waals surface area contributed by atoms with E-state index in [0.29, 0.717) is 22.1 Å². The summed E-state index contributed by atoms with van der Waals surface area (Å²) in [7, 11) is 2.05. The average Bonchev–Trinajstić information content (AvgIpc) is 3.78. The number of fused-ring (bicyclic) bond motifs is 1. The minimum Gasteiger partial charge on any atom is -0.378 e. The Bertz CT molecular complexity index is 1430. The number of pyridine rings is 1. The SMILES string of the molecule is BC(Nc1cc(Cl)c2ncc(C#N)c(NC3(C)CC3)c2c1)(C1=CN(C2CC2)NN1)c1ccc(F)cc1. The summed E-state index contributed by atoms with van der Waals surface area (Å²) in [5.41, 5.74) is 10.2. The summed E-state index contributed by atoms with van der Waals surface area (Å²) in [5.74, 6) is -0.291. The van der Waals surface area contributed by atoms with Gasteiger partial charge in [0.2, 0.25) is 0 Å². The van der Waals surface area contributed by atoms with Crippen LogP contribution in [-0.4, -0.2) is 29.4 Å². The summed E-state index contributed by atoms with van der Waals surface area (Å²) < 4.78 is 13.8. The molecule has 2 fully saturated rings. The average molecular weight is 502 g/mol. The lowest BCUT2D eigenvalue weighted by molar-refractivity contribution is 0.260. The molecule has 182 valence electrons. The van der Waals surface area contributed by atoms with Gasteiger partial charge in [-0.05, 0) is 62.4 Å². The first-order valence-electron chi connectivity index (χ1n) is 12.2. The maximum Gasteiger partial charge on any atom is 0.148 e. The van der Waals surface area contributed by atoms with Gasteiger partial charge in [0.1, 0.15) is 19.7 Å². The van der Waals surface area contributed by atoms with Crippen molar-refractivity contribution in [2.75, 3.05) is 10.6 Å². The Labute approximate surface area is 215 Å². The van der Waals surface area contributed by atoms with Crippen LogP contribution in [0.3, 0.4) is 0 Å². The molecular weight excluding hydrogens is 476 g/mol. The molecule has 2 aromatic carbocycles.